The number of imide groups is 1. The second kappa shape index (κ2) is 11.9. The molecule has 2 atom stereocenters. The van der Waals surface area contributed by atoms with Crippen molar-refractivity contribution in [3.05, 3.63) is 29.3 Å². The van der Waals surface area contributed by atoms with Crippen molar-refractivity contribution in [3.63, 3.8) is 0 Å². The number of likely N-dealkylation sites (tertiary alicyclic amines) is 2. The number of rotatable bonds is 9. The maximum absolute atomic E-state index is 13.3. The number of benzene rings is 1. The predicted octanol–water partition coefficient (Wildman–Crippen LogP) is 4.25. The van der Waals surface area contributed by atoms with Gasteiger partial charge in [-0.2, -0.15) is 0 Å². The number of fused-ring (bicyclic) bond motifs is 1. The van der Waals surface area contributed by atoms with Gasteiger partial charge in [-0.25, -0.2) is 4.79 Å². The Balaban J connectivity index is 1.35. The van der Waals surface area contributed by atoms with Crippen molar-refractivity contribution >= 4 is 31.9 Å². The fraction of sp³-hybridized carbons (Fsp3) is 0.655. The third-order valence-corrected chi connectivity index (χ3v) is 9.14. The third kappa shape index (κ3) is 7.23. The summed E-state index contributed by atoms with van der Waals surface area (Å²) in [7, 11) is -1.29. The van der Waals surface area contributed by atoms with Crippen LogP contribution in [0.5, 0.6) is 5.75 Å². The Bertz CT molecular complexity index is 1140. The van der Waals surface area contributed by atoms with Crippen LogP contribution in [0.2, 0.25) is 25.7 Å². The van der Waals surface area contributed by atoms with Gasteiger partial charge in [-0.3, -0.25) is 19.3 Å². The second-order valence-electron chi connectivity index (χ2n) is 13.1. The number of carbonyl (C=O) groups excluding carboxylic acids is 4. The van der Waals surface area contributed by atoms with Gasteiger partial charge in [0.05, 0.1) is 6.04 Å². The van der Waals surface area contributed by atoms with Crippen molar-refractivity contribution in [2.75, 3.05) is 26.5 Å². The van der Waals surface area contributed by atoms with Gasteiger partial charge in [0.15, 0.2) is 0 Å². The van der Waals surface area contributed by atoms with E-state index in [1.54, 1.807) is 21.9 Å². The zero-order valence-corrected chi connectivity index (χ0v) is 25.7. The van der Waals surface area contributed by atoms with E-state index in [0.29, 0.717) is 37.5 Å². The molecule has 0 spiro atoms. The molecule has 3 aliphatic rings. The first kappa shape index (κ1) is 30.0. The summed E-state index contributed by atoms with van der Waals surface area (Å²) in [6.07, 6.45) is 1.88. The normalized spacial score (nSPS) is 21.8. The standard InChI is InChI=1S/C29H43N3O7Si/c1-29(2,3)39-28(36)30-13-7-8-21(30)18-38-22-9-10-23-20(16-22)17-31(26(23)34)24-11-12-25(33)32(27(24)35)19-37-14-15-40(4,5)6/h9-10,16,21,24H,7-8,11-15,17-19H2,1-6H3/t21-,24?/m0/s1. The number of piperidine rings is 1. The van der Waals surface area contributed by atoms with Crippen LogP contribution in [0.4, 0.5) is 4.79 Å². The van der Waals surface area contributed by atoms with Crippen molar-refractivity contribution in [1.82, 2.24) is 14.7 Å². The van der Waals surface area contributed by atoms with Crippen LogP contribution in [-0.2, 0) is 25.6 Å². The summed E-state index contributed by atoms with van der Waals surface area (Å²) in [6, 6.07) is 5.45. The Labute approximate surface area is 237 Å². The number of ether oxygens (including phenoxy) is 3. The molecule has 0 aromatic heterocycles. The van der Waals surface area contributed by atoms with E-state index < -0.39 is 19.7 Å². The van der Waals surface area contributed by atoms with Gasteiger partial charge >= 0.3 is 6.09 Å². The second-order valence-corrected chi connectivity index (χ2v) is 18.7. The van der Waals surface area contributed by atoms with E-state index in [2.05, 4.69) is 19.6 Å². The summed E-state index contributed by atoms with van der Waals surface area (Å²) in [5, 5.41) is 0. The summed E-state index contributed by atoms with van der Waals surface area (Å²) >= 11 is 0. The van der Waals surface area contributed by atoms with Crippen LogP contribution in [0.3, 0.4) is 0 Å². The SMILES string of the molecule is CC(C)(C)OC(=O)N1CCC[C@H]1COc1ccc2c(c1)CN(C1CCC(=O)N(COCC[Si](C)(C)C)C1=O)C2=O. The van der Waals surface area contributed by atoms with Crippen LogP contribution >= 0.6 is 0 Å². The molecule has 220 valence electrons. The molecule has 4 amide bonds. The molecule has 1 aromatic carbocycles. The number of nitrogens with zero attached hydrogens (tertiary/aromatic N) is 3. The van der Waals surface area contributed by atoms with Crippen molar-refractivity contribution in [1.29, 1.82) is 0 Å². The molecular formula is C29H43N3O7Si. The lowest BCUT2D eigenvalue weighted by atomic mass is 10.0. The van der Waals surface area contributed by atoms with Gasteiger partial charge in [-0.15, -0.1) is 0 Å². The zero-order chi connectivity index (χ0) is 29.2. The van der Waals surface area contributed by atoms with Gasteiger partial charge in [-0.1, -0.05) is 19.6 Å². The lowest BCUT2D eigenvalue weighted by Gasteiger charge is -2.35. The van der Waals surface area contributed by atoms with Gasteiger partial charge in [0, 0.05) is 39.8 Å². The lowest BCUT2D eigenvalue weighted by Crippen LogP contribution is -2.55. The lowest BCUT2D eigenvalue weighted by molar-refractivity contribution is -0.158. The summed E-state index contributed by atoms with van der Waals surface area (Å²) in [5.41, 5.74) is 0.751. The topological polar surface area (TPSA) is 106 Å². The van der Waals surface area contributed by atoms with Crippen LogP contribution in [0.15, 0.2) is 18.2 Å². The maximum Gasteiger partial charge on any atom is 0.410 e. The minimum absolute atomic E-state index is 0.0763. The first-order chi connectivity index (χ1) is 18.7. The highest BCUT2D eigenvalue weighted by atomic mass is 28.3. The molecule has 0 radical (unpaired) electrons. The van der Waals surface area contributed by atoms with Crippen molar-refractivity contribution in [2.24, 2.45) is 0 Å². The Morgan fingerprint density at radius 1 is 1.10 bits per heavy atom. The number of amides is 4. The highest BCUT2D eigenvalue weighted by molar-refractivity contribution is 6.76. The smallest absolute Gasteiger partial charge is 0.410 e. The Hall–Kier alpha value is -2.92. The Morgan fingerprint density at radius 2 is 1.85 bits per heavy atom. The number of hydrogen-bond acceptors (Lipinski definition) is 7. The van der Waals surface area contributed by atoms with Crippen LogP contribution in [0, 0.1) is 0 Å². The van der Waals surface area contributed by atoms with E-state index in [9.17, 15) is 19.2 Å². The van der Waals surface area contributed by atoms with Gasteiger partial charge < -0.3 is 24.0 Å². The van der Waals surface area contributed by atoms with Crippen molar-refractivity contribution in [2.45, 2.75) is 96.4 Å². The molecular weight excluding hydrogens is 530 g/mol. The molecule has 4 rings (SSSR count). The van der Waals surface area contributed by atoms with Crippen molar-refractivity contribution < 1.29 is 33.4 Å². The summed E-state index contributed by atoms with van der Waals surface area (Å²) in [5.74, 6) is -0.264. The van der Waals surface area contributed by atoms with E-state index in [1.807, 2.05) is 26.8 Å². The molecule has 2 fully saturated rings. The average molecular weight is 574 g/mol. The fourth-order valence-electron chi connectivity index (χ4n) is 5.20. The molecule has 1 aromatic rings. The molecule has 0 aliphatic carbocycles. The molecule has 0 saturated carbocycles. The highest BCUT2D eigenvalue weighted by Crippen LogP contribution is 2.32. The summed E-state index contributed by atoms with van der Waals surface area (Å²) < 4.78 is 17.3. The molecule has 11 heteroatoms. The molecule has 2 saturated heterocycles. The highest BCUT2D eigenvalue weighted by Gasteiger charge is 2.43. The molecule has 0 N–H and O–H groups in total. The minimum atomic E-state index is -1.29. The average Bonchev–Trinajstić information content (AvgIpc) is 3.45. The number of hydrogen-bond donors (Lipinski definition) is 0. The van der Waals surface area contributed by atoms with E-state index in [1.165, 1.54) is 0 Å². The van der Waals surface area contributed by atoms with E-state index in [0.717, 1.165) is 29.3 Å². The van der Waals surface area contributed by atoms with Gasteiger partial charge in [0.1, 0.15) is 30.7 Å². The number of carbonyl (C=O) groups is 4. The molecule has 0 bridgehead atoms. The third-order valence-electron chi connectivity index (χ3n) is 7.43. The Kier molecular flexibility index (Phi) is 8.94. The molecule has 3 aliphatic heterocycles. The molecule has 10 nitrogen and oxygen atoms in total. The maximum atomic E-state index is 13.3. The van der Waals surface area contributed by atoms with E-state index >= 15 is 0 Å². The minimum Gasteiger partial charge on any atom is -0.491 e. The van der Waals surface area contributed by atoms with Gasteiger partial charge in [-0.05, 0) is 69.8 Å². The van der Waals surface area contributed by atoms with Crippen LogP contribution in [0.25, 0.3) is 0 Å². The Morgan fingerprint density at radius 3 is 2.55 bits per heavy atom. The largest absolute Gasteiger partial charge is 0.491 e. The van der Waals surface area contributed by atoms with Crippen LogP contribution in [-0.4, -0.2) is 90.8 Å². The zero-order valence-electron chi connectivity index (χ0n) is 24.7. The van der Waals surface area contributed by atoms with E-state index in [4.69, 9.17) is 14.2 Å². The van der Waals surface area contributed by atoms with Crippen molar-refractivity contribution in [3.8, 4) is 5.75 Å². The predicted molar refractivity (Wildman–Crippen MR) is 152 cm³/mol. The summed E-state index contributed by atoms with van der Waals surface area (Å²) in [4.78, 5) is 56.0. The fourth-order valence-corrected chi connectivity index (χ4v) is 5.96. The summed E-state index contributed by atoms with van der Waals surface area (Å²) in [6.45, 7) is 13.9. The molecule has 40 heavy (non-hydrogen) atoms. The molecule has 1 unspecified atom stereocenters. The van der Waals surface area contributed by atoms with Gasteiger partial charge in [0.2, 0.25) is 5.91 Å². The van der Waals surface area contributed by atoms with Crippen LogP contribution in [0.1, 0.15) is 62.4 Å². The monoisotopic (exact) mass is 573 g/mol. The van der Waals surface area contributed by atoms with Gasteiger partial charge in [0.25, 0.3) is 11.8 Å². The van der Waals surface area contributed by atoms with Crippen LogP contribution < -0.4 is 4.74 Å². The van der Waals surface area contributed by atoms with E-state index in [-0.39, 0.29) is 49.6 Å². The quantitative estimate of drug-likeness (QED) is 0.247. The first-order valence-electron chi connectivity index (χ1n) is 14.2. The first-order valence-corrected chi connectivity index (χ1v) is 17.9. The molecule has 3 heterocycles.